The van der Waals surface area contributed by atoms with Crippen LogP contribution in [-0.4, -0.2) is 23.4 Å². The fourth-order valence-electron chi connectivity index (χ4n) is 7.06. The van der Waals surface area contributed by atoms with Gasteiger partial charge in [0.1, 0.15) is 29.6 Å². The number of halogens is 12. The first-order valence-corrected chi connectivity index (χ1v) is 21.3. The minimum Gasteiger partial charge on any atom is -0.289 e. The van der Waals surface area contributed by atoms with Gasteiger partial charge in [-0.05, 0) is 24.1 Å². The smallest absolute Gasteiger partial charge is 0.289 e. The summed E-state index contributed by atoms with van der Waals surface area (Å²) in [5.74, 6) is 2.15. The summed E-state index contributed by atoms with van der Waals surface area (Å²) >= 11 is 0. The van der Waals surface area contributed by atoms with Crippen LogP contribution in [0.25, 0.3) is 0 Å². The molecule has 0 aliphatic rings. The van der Waals surface area contributed by atoms with Crippen LogP contribution in [0, 0.1) is 33.8 Å². The Labute approximate surface area is 377 Å². The minimum atomic E-state index is -4.77. The number of allylic oxidation sites excluding steroid dienone is 1. The average Bonchev–Trinajstić information content (AvgIpc) is 3.29. The number of nitriles is 2. The molecule has 0 radical (unpaired) electrons. The Morgan fingerprint density at radius 3 is 1.10 bits per heavy atom. The Morgan fingerprint density at radius 1 is 0.493 bits per heavy atom. The molecule has 6 rings (SSSR count). The van der Waals surface area contributed by atoms with Crippen LogP contribution in [0.3, 0.4) is 0 Å². The molecule has 18 heteroatoms. The number of benzene rings is 6. The zero-order chi connectivity index (χ0) is 49.3. The SMILES string of the molecule is FC(F)(F)c1ccc([B-](c2ccc(C(F)(F)F)cc2)(c2ccc(C(F)(F)F)cc2)c2ccc(C(F)(F)F)cc2)cc1.N#CC(C#N)=CC[S+](=O)(C#Cc1ccccc1)CC(=O)c1ccccc1. The van der Waals surface area contributed by atoms with E-state index in [-0.39, 0.29) is 44.7 Å². The van der Waals surface area contributed by atoms with E-state index in [0.717, 1.165) is 48.5 Å². The summed E-state index contributed by atoms with van der Waals surface area (Å²) in [6.45, 7) is 0. The van der Waals surface area contributed by atoms with Crippen molar-refractivity contribution in [3.8, 4) is 23.3 Å². The van der Waals surface area contributed by atoms with E-state index >= 15 is 0 Å². The van der Waals surface area contributed by atoms with Gasteiger partial charge in [0, 0.05) is 11.1 Å². The van der Waals surface area contributed by atoms with Crippen LogP contribution in [-0.2, 0) is 38.8 Å². The lowest BCUT2D eigenvalue weighted by Crippen LogP contribution is -2.74. The number of nitrogens with zero attached hydrogens (tertiary/aromatic N) is 2. The van der Waals surface area contributed by atoms with Crippen molar-refractivity contribution in [2.75, 3.05) is 11.5 Å². The monoisotopic (exact) mass is 950 g/mol. The van der Waals surface area contributed by atoms with Crippen molar-refractivity contribution < 1.29 is 61.7 Å². The number of carbonyl (C=O) groups excluding carboxylic acids is 1. The predicted molar refractivity (Wildman–Crippen MR) is 231 cm³/mol. The van der Waals surface area contributed by atoms with E-state index in [2.05, 4.69) is 11.2 Å². The minimum absolute atomic E-state index is 0.0114. The molecule has 1 atom stereocenters. The van der Waals surface area contributed by atoms with Crippen molar-refractivity contribution in [2.24, 2.45) is 0 Å². The first kappa shape index (κ1) is 50.6. The van der Waals surface area contributed by atoms with Crippen molar-refractivity contribution in [2.45, 2.75) is 24.7 Å². The molecule has 0 saturated carbocycles. The van der Waals surface area contributed by atoms with E-state index in [1.807, 2.05) is 18.2 Å². The Kier molecular flexibility index (Phi) is 15.4. The Bertz CT molecular complexity index is 2640. The maximum absolute atomic E-state index is 13.3. The second kappa shape index (κ2) is 20.4. The van der Waals surface area contributed by atoms with Gasteiger partial charge in [0.15, 0.2) is 20.9 Å². The maximum Gasteiger partial charge on any atom is 0.416 e. The van der Waals surface area contributed by atoms with Crippen molar-refractivity contribution in [3.05, 3.63) is 203 Å². The molecule has 0 heterocycles. The molecule has 0 aliphatic heterocycles. The molecule has 0 fully saturated rings. The molecule has 0 aliphatic carbocycles. The highest BCUT2D eigenvalue weighted by atomic mass is 32.2. The molecule has 4 nitrogen and oxygen atoms in total. The Morgan fingerprint density at radius 2 is 0.806 bits per heavy atom. The normalized spacial score (nSPS) is 12.7. The number of hydrogen-bond donors (Lipinski definition) is 0. The highest BCUT2D eigenvalue weighted by molar-refractivity contribution is 8.08. The summed E-state index contributed by atoms with van der Waals surface area (Å²) in [6.07, 6.45) is -20.7. The lowest BCUT2D eigenvalue weighted by atomic mass is 9.13. The van der Waals surface area contributed by atoms with Crippen LogP contribution in [0.4, 0.5) is 52.7 Å². The molecule has 1 unspecified atom stereocenters. The van der Waals surface area contributed by atoms with Crippen LogP contribution in [0.2, 0.25) is 0 Å². The Hall–Kier alpha value is -7.36. The zero-order valence-corrected chi connectivity index (χ0v) is 35.1. The summed E-state index contributed by atoms with van der Waals surface area (Å²) in [5.41, 5.74) is -3.31. The van der Waals surface area contributed by atoms with Gasteiger partial charge in [0.25, 0.3) is 0 Å². The standard InChI is InChI=1S/C28H16BF12.C21H15N2O2S/c30-25(31,32)17-1-9-21(10-2-17)29(22-11-3-18(4-12-22)26(33,34)35,23-13-5-19(6-14-23)27(36,37)38)24-15-7-20(8-16-24)28(39,40)41;22-15-19(16-23)12-14-26(25,13-11-18-7-3-1-4-8-18)17-21(24)20-9-5-2-6-10-20/h1-16H;1-10,12H,14,17H2/q-1;+1. The molecule has 342 valence electrons. The fraction of sp³-hybridized carbons (Fsp3) is 0.122. The number of rotatable bonds is 9. The van der Waals surface area contributed by atoms with Crippen LogP contribution < -0.4 is 21.9 Å². The van der Waals surface area contributed by atoms with Crippen LogP contribution >= 0.6 is 0 Å². The number of carbonyl (C=O) groups is 1. The first-order chi connectivity index (χ1) is 31.4. The highest BCUT2D eigenvalue weighted by Gasteiger charge is 2.38. The Balaban J connectivity index is 0.000000278. The van der Waals surface area contributed by atoms with E-state index in [1.54, 1.807) is 54.6 Å². The molecule has 0 saturated heterocycles. The molecular weight excluding hydrogens is 919 g/mol. The van der Waals surface area contributed by atoms with E-state index in [9.17, 15) is 61.7 Å². The third-order valence-corrected chi connectivity index (χ3v) is 12.3. The number of Topliss-reactive ketones (excluding diaryl/α,β-unsaturated/α-hetero) is 1. The van der Waals surface area contributed by atoms with E-state index in [0.29, 0.717) is 59.7 Å². The largest absolute Gasteiger partial charge is 0.416 e. The number of alkyl halides is 12. The molecule has 6 aromatic carbocycles. The predicted octanol–water partition coefficient (Wildman–Crippen LogP) is 10.5. The van der Waals surface area contributed by atoms with Crippen molar-refractivity contribution in [3.63, 3.8) is 0 Å². The van der Waals surface area contributed by atoms with Crippen LogP contribution in [0.1, 0.15) is 38.2 Å². The average molecular weight is 951 g/mol. The van der Waals surface area contributed by atoms with Gasteiger partial charge < -0.3 is 0 Å². The highest BCUT2D eigenvalue weighted by Crippen LogP contribution is 2.32. The third-order valence-electron chi connectivity index (χ3n) is 10.4. The number of hydrogen-bond acceptors (Lipinski definition) is 4. The molecular formula is C49H31BF12N2O2S. The van der Waals surface area contributed by atoms with E-state index < -0.39 is 63.0 Å². The first-order valence-electron chi connectivity index (χ1n) is 19.4. The van der Waals surface area contributed by atoms with Gasteiger partial charge in [-0.2, -0.15) is 85.1 Å². The zero-order valence-electron chi connectivity index (χ0n) is 34.2. The van der Waals surface area contributed by atoms with Gasteiger partial charge in [0.2, 0.25) is 5.78 Å². The van der Waals surface area contributed by atoms with Gasteiger partial charge in [-0.15, -0.1) is 0 Å². The summed E-state index contributed by atoms with van der Waals surface area (Å²) in [4.78, 5) is 12.5. The van der Waals surface area contributed by atoms with Gasteiger partial charge in [0.05, 0.1) is 22.3 Å². The van der Waals surface area contributed by atoms with Crippen LogP contribution in [0.5, 0.6) is 0 Å². The van der Waals surface area contributed by atoms with Crippen molar-refractivity contribution in [1.29, 1.82) is 10.5 Å². The molecule has 0 N–H and O–H groups in total. The molecule has 0 bridgehead atoms. The quantitative estimate of drug-likeness (QED) is 0.0361. The molecule has 0 aromatic heterocycles. The van der Waals surface area contributed by atoms with Crippen LogP contribution in [0.15, 0.2) is 169 Å². The van der Waals surface area contributed by atoms with Gasteiger partial charge in [-0.3, -0.25) is 4.79 Å². The second-order valence-electron chi connectivity index (χ2n) is 14.7. The lowest BCUT2D eigenvalue weighted by molar-refractivity contribution is -0.138. The van der Waals surface area contributed by atoms with Crippen molar-refractivity contribution in [1.82, 2.24) is 0 Å². The number of ketones is 1. The summed E-state index contributed by atoms with van der Waals surface area (Å²) in [5, 5.41) is 20.4. The molecule has 67 heavy (non-hydrogen) atoms. The van der Waals surface area contributed by atoms with E-state index in [1.165, 1.54) is 6.08 Å². The fourth-order valence-corrected chi connectivity index (χ4v) is 8.66. The molecule has 6 aromatic rings. The van der Waals surface area contributed by atoms with Crippen molar-refractivity contribution >= 4 is 43.7 Å². The van der Waals surface area contributed by atoms with Gasteiger partial charge in [-0.25, -0.2) is 0 Å². The summed E-state index contributed by atoms with van der Waals surface area (Å²) in [6, 6.07) is 34.6. The summed E-state index contributed by atoms with van der Waals surface area (Å²) in [7, 11) is -2.94. The topological polar surface area (TPSA) is 81.7 Å². The lowest BCUT2D eigenvalue weighted by Gasteiger charge is -2.44. The second-order valence-corrected chi connectivity index (χ2v) is 17.1. The van der Waals surface area contributed by atoms with Gasteiger partial charge >= 0.3 is 24.7 Å². The maximum atomic E-state index is 13.3. The van der Waals surface area contributed by atoms with Gasteiger partial charge in [-0.1, -0.05) is 150 Å². The van der Waals surface area contributed by atoms with E-state index in [4.69, 9.17) is 10.5 Å². The summed E-state index contributed by atoms with van der Waals surface area (Å²) < 4.78 is 173. The third kappa shape index (κ3) is 12.7. The molecule has 0 amide bonds. The molecule has 0 spiro atoms.